The molecule has 0 saturated heterocycles. The third-order valence-corrected chi connectivity index (χ3v) is 2.93. The van der Waals surface area contributed by atoms with Gasteiger partial charge < -0.3 is 14.9 Å². The van der Waals surface area contributed by atoms with Gasteiger partial charge >= 0.3 is 5.97 Å². The second-order valence-electron chi connectivity index (χ2n) is 3.83. The number of carboxylic acids is 1. The zero-order valence-electron chi connectivity index (χ0n) is 9.87. The van der Waals surface area contributed by atoms with Crippen LogP contribution in [0, 0.1) is 13.8 Å². The Balaban J connectivity index is 3.41. The summed E-state index contributed by atoms with van der Waals surface area (Å²) in [6.45, 7) is 5.15. The first-order valence-corrected chi connectivity index (χ1v) is 5.00. The van der Waals surface area contributed by atoms with Gasteiger partial charge in [0, 0.05) is 0 Å². The van der Waals surface area contributed by atoms with Crippen molar-refractivity contribution in [2.24, 2.45) is 0 Å². The Morgan fingerprint density at radius 2 is 1.94 bits per heavy atom. The van der Waals surface area contributed by atoms with Crippen LogP contribution in [0.1, 0.15) is 29.5 Å². The van der Waals surface area contributed by atoms with Gasteiger partial charge in [-0.05, 0) is 43.5 Å². The molecule has 1 atom stereocenters. The van der Waals surface area contributed by atoms with Gasteiger partial charge in [0.25, 0.3) is 0 Å². The van der Waals surface area contributed by atoms with Gasteiger partial charge in [-0.3, -0.25) is 4.79 Å². The van der Waals surface area contributed by atoms with Crippen LogP contribution in [0.25, 0.3) is 0 Å². The minimum Gasteiger partial charge on any atom is -0.504 e. The summed E-state index contributed by atoms with van der Waals surface area (Å²) in [5.41, 5.74) is 2.11. The summed E-state index contributed by atoms with van der Waals surface area (Å²) in [4.78, 5) is 10.9. The van der Waals surface area contributed by atoms with Gasteiger partial charge in [0.1, 0.15) is 0 Å². The van der Waals surface area contributed by atoms with E-state index in [1.54, 1.807) is 26.8 Å². The maximum atomic E-state index is 10.9. The molecular formula is C12H16O4. The lowest BCUT2D eigenvalue weighted by Gasteiger charge is -2.16. The molecule has 0 radical (unpaired) electrons. The number of phenolic OH excluding ortho intramolecular Hbond substituents is 1. The summed E-state index contributed by atoms with van der Waals surface area (Å²) >= 11 is 0. The Morgan fingerprint density at radius 3 is 2.38 bits per heavy atom. The van der Waals surface area contributed by atoms with E-state index < -0.39 is 11.9 Å². The molecule has 0 fully saturated rings. The molecule has 1 aromatic rings. The van der Waals surface area contributed by atoms with Crippen molar-refractivity contribution in [2.45, 2.75) is 26.7 Å². The molecule has 4 heteroatoms. The maximum Gasteiger partial charge on any atom is 0.310 e. The summed E-state index contributed by atoms with van der Waals surface area (Å²) in [6.07, 6.45) is 0. The fourth-order valence-electron chi connectivity index (χ4n) is 1.64. The maximum absolute atomic E-state index is 10.9. The molecular weight excluding hydrogens is 208 g/mol. The first-order chi connectivity index (χ1) is 7.40. The SMILES string of the molecule is COc1cc(C(C)C(=O)O)c(C)c(C)c1O. The third-order valence-electron chi connectivity index (χ3n) is 2.93. The third kappa shape index (κ3) is 1.96. The van der Waals surface area contributed by atoms with E-state index in [1.165, 1.54) is 7.11 Å². The van der Waals surface area contributed by atoms with Crippen LogP contribution in [0.3, 0.4) is 0 Å². The summed E-state index contributed by atoms with van der Waals surface area (Å²) < 4.78 is 5.01. The monoisotopic (exact) mass is 224 g/mol. The van der Waals surface area contributed by atoms with E-state index in [4.69, 9.17) is 9.84 Å². The molecule has 1 aromatic carbocycles. The number of ether oxygens (including phenoxy) is 1. The minimum atomic E-state index is -0.893. The van der Waals surface area contributed by atoms with Crippen molar-refractivity contribution in [2.75, 3.05) is 7.11 Å². The van der Waals surface area contributed by atoms with Crippen molar-refractivity contribution in [3.63, 3.8) is 0 Å². The van der Waals surface area contributed by atoms with Crippen LogP contribution in [-0.4, -0.2) is 23.3 Å². The predicted octanol–water partition coefficient (Wildman–Crippen LogP) is 2.21. The average Bonchev–Trinajstić information content (AvgIpc) is 2.25. The predicted molar refractivity (Wildman–Crippen MR) is 60.2 cm³/mol. The van der Waals surface area contributed by atoms with E-state index in [0.29, 0.717) is 16.9 Å². The van der Waals surface area contributed by atoms with Crippen molar-refractivity contribution in [3.8, 4) is 11.5 Å². The first kappa shape index (κ1) is 12.4. The molecule has 2 N–H and O–H groups in total. The standard InChI is InChI=1S/C12H16O4/c1-6-7(2)11(13)10(16-4)5-9(6)8(3)12(14)15/h5,8,13H,1-4H3,(H,14,15). The Morgan fingerprint density at radius 1 is 1.38 bits per heavy atom. The Bertz CT molecular complexity index is 424. The first-order valence-electron chi connectivity index (χ1n) is 5.00. The summed E-state index contributed by atoms with van der Waals surface area (Å²) in [5, 5.41) is 18.7. The van der Waals surface area contributed by atoms with E-state index in [0.717, 1.165) is 5.56 Å². The van der Waals surface area contributed by atoms with Crippen molar-refractivity contribution in [1.29, 1.82) is 0 Å². The number of rotatable bonds is 3. The lowest BCUT2D eigenvalue weighted by atomic mass is 9.92. The molecule has 16 heavy (non-hydrogen) atoms. The number of phenols is 1. The van der Waals surface area contributed by atoms with Crippen LogP contribution in [0.15, 0.2) is 6.07 Å². The highest BCUT2D eigenvalue weighted by Gasteiger charge is 2.20. The molecule has 0 aliphatic carbocycles. The van der Waals surface area contributed by atoms with Gasteiger partial charge in [0.2, 0.25) is 0 Å². The fraction of sp³-hybridized carbons (Fsp3) is 0.417. The Hall–Kier alpha value is -1.71. The quantitative estimate of drug-likeness (QED) is 0.826. The van der Waals surface area contributed by atoms with Crippen LogP contribution in [0.5, 0.6) is 11.5 Å². The molecule has 0 heterocycles. The number of carboxylic acid groups (broad SMARTS) is 1. The van der Waals surface area contributed by atoms with E-state index in [1.807, 2.05) is 0 Å². The van der Waals surface area contributed by atoms with E-state index in [9.17, 15) is 9.90 Å². The highest BCUT2D eigenvalue weighted by Crippen LogP contribution is 2.36. The smallest absolute Gasteiger partial charge is 0.310 e. The van der Waals surface area contributed by atoms with Gasteiger partial charge in [0.05, 0.1) is 13.0 Å². The molecule has 4 nitrogen and oxygen atoms in total. The molecule has 0 saturated carbocycles. The normalized spacial score (nSPS) is 12.2. The Labute approximate surface area is 94.5 Å². The Kier molecular flexibility index (Phi) is 3.42. The lowest BCUT2D eigenvalue weighted by molar-refractivity contribution is -0.138. The summed E-state index contributed by atoms with van der Waals surface area (Å²) in [5.74, 6) is -1.13. The molecule has 0 aliphatic heterocycles. The molecule has 0 aliphatic rings. The second kappa shape index (κ2) is 4.43. The van der Waals surface area contributed by atoms with Crippen LogP contribution in [0.2, 0.25) is 0 Å². The lowest BCUT2D eigenvalue weighted by Crippen LogP contribution is -2.10. The number of aromatic hydroxyl groups is 1. The number of aliphatic carboxylic acids is 1. The second-order valence-corrected chi connectivity index (χ2v) is 3.83. The topological polar surface area (TPSA) is 66.8 Å². The van der Waals surface area contributed by atoms with Gasteiger partial charge in [-0.25, -0.2) is 0 Å². The molecule has 0 aromatic heterocycles. The van der Waals surface area contributed by atoms with Crippen LogP contribution in [-0.2, 0) is 4.79 Å². The zero-order chi connectivity index (χ0) is 12.5. The molecule has 1 rings (SSSR count). The summed E-state index contributed by atoms with van der Waals surface area (Å²) in [6, 6.07) is 1.58. The van der Waals surface area contributed by atoms with Gasteiger partial charge in [-0.2, -0.15) is 0 Å². The molecule has 1 unspecified atom stereocenters. The van der Waals surface area contributed by atoms with Gasteiger partial charge in [0.15, 0.2) is 11.5 Å². The minimum absolute atomic E-state index is 0.0707. The van der Waals surface area contributed by atoms with Crippen LogP contribution >= 0.6 is 0 Å². The van der Waals surface area contributed by atoms with Gasteiger partial charge in [-0.1, -0.05) is 0 Å². The van der Waals surface area contributed by atoms with E-state index in [-0.39, 0.29) is 5.75 Å². The highest BCUT2D eigenvalue weighted by molar-refractivity contribution is 5.77. The van der Waals surface area contributed by atoms with Crippen molar-refractivity contribution < 1.29 is 19.7 Å². The van der Waals surface area contributed by atoms with Crippen LogP contribution < -0.4 is 4.74 Å². The zero-order valence-corrected chi connectivity index (χ0v) is 9.87. The molecule has 0 bridgehead atoms. The van der Waals surface area contributed by atoms with E-state index >= 15 is 0 Å². The van der Waals surface area contributed by atoms with Crippen molar-refractivity contribution in [3.05, 3.63) is 22.8 Å². The molecule has 0 amide bonds. The highest BCUT2D eigenvalue weighted by atomic mass is 16.5. The molecule has 88 valence electrons. The van der Waals surface area contributed by atoms with E-state index in [2.05, 4.69) is 0 Å². The van der Waals surface area contributed by atoms with Crippen LogP contribution in [0.4, 0.5) is 0 Å². The summed E-state index contributed by atoms with van der Waals surface area (Å²) in [7, 11) is 1.44. The number of carbonyl (C=O) groups is 1. The number of benzene rings is 1. The fourth-order valence-corrected chi connectivity index (χ4v) is 1.64. The number of hydrogen-bond acceptors (Lipinski definition) is 3. The van der Waals surface area contributed by atoms with Crippen molar-refractivity contribution in [1.82, 2.24) is 0 Å². The average molecular weight is 224 g/mol. The largest absolute Gasteiger partial charge is 0.504 e. The van der Waals surface area contributed by atoms with Crippen molar-refractivity contribution >= 4 is 5.97 Å². The number of hydrogen-bond donors (Lipinski definition) is 2. The molecule has 0 spiro atoms. The number of methoxy groups -OCH3 is 1. The van der Waals surface area contributed by atoms with Gasteiger partial charge in [-0.15, -0.1) is 0 Å².